The number of hydrogen-bond acceptors (Lipinski definition) is 13. The molecule has 6 aromatic carbocycles. The van der Waals surface area contributed by atoms with E-state index in [1.54, 1.807) is 40.4 Å². The molecular formula is C73H88N8O12. The molecule has 4 heterocycles. The Balaban J connectivity index is 0.000000222. The third-order valence-corrected chi connectivity index (χ3v) is 17.8. The van der Waals surface area contributed by atoms with Crippen LogP contribution in [0.4, 0.5) is 16.2 Å². The number of nitrogens with one attached hydrogen (secondary N) is 3. The molecular weight excluding hydrogens is 1180 g/mol. The zero-order valence-corrected chi connectivity index (χ0v) is 54.7. The number of nitrogens with zero attached hydrogens (tertiary/aromatic N) is 4. The van der Waals surface area contributed by atoms with Crippen molar-refractivity contribution in [2.45, 2.75) is 156 Å². The first-order valence-electron chi connectivity index (χ1n) is 32.1. The van der Waals surface area contributed by atoms with Gasteiger partial charge in [-0.05, 0) is 78.5 Å². The van der Waals surface area contributed by atoms with Gasteiger partial charge in [-0.15, -0.1) is 0 Å². The van der Waals surface area contributed by atoms with Gasteiger partial charge in [0, 0.05) is 61.2 Å². The van der Waals surface area contributed by atoms with Gasteiger partial charge in [0.2, 0.25) is 35.4 Å². The Kier molecular flexibility index (Phi) is 21.4. The molecule has 6 aromatic rings. The second-order valence-corrected chi connectivity index (χ2v) is 27.7. The Morgan fingerprint density at radius 1 is 0.484 bits per heavy atom. The molecule has 492 valence electrons. The minimum absolute atomic E-state index is 0.0377. The van der Waals surface area contributed by atoms with E-state index in [2.05, 4.69) is 16.0 Å². The number of amides is 7. The molecule has 4 aliphatic heterocycles. The van der Waals surface area contributed by atoms with Gasteiger partial charge in [0.15, 0.2) is 0 Å². The standard InChI is InChI=1S/C39H48N4O7.C34H40N4O5/c1-38(2,3)34(41-37(48)50-39(4,5)6)36(47)42-22-21-30-33(42)28(35(46)40-29-18-12-16-26-15-10-11-17-27(26)29)23-43(30)31(44)19-20-32(45)49-24-25-13-8-7-9-14-25;1-34(2,3)31(35)33(42)37-19-18-27-30(37)25(32(41)36-26-15-9-13-23-12-7-8-14-24(23)26)20-38(27)28(39)16-17-29(40)43-21-22-10-5-4-6-11-22/h7-18,28,30,33-34H,19-24H2,1-6H3,(H,40,46)(H,41,48);4-15,25,27,30-31H,16-21,35H2,1-3H3,(H,36,41)/t28-,30+,33+,34+;25-,27+,30+,31+/m00/s1. The summed E-state index contributed by atoms with van der Waals surface area (Å²) < 4.78 is 16.2. The fourth-order valence-electron chi connectivity index (χ4n) is 13.0. The van der Waals surface area contributed by atoms with Gasteiger partial charge < -0.3 is 55.5 Å². The van der Waals surface area contributed by atoms with Gasteiger partial charge in [0.1, 0.15) is 24.9 Å². The molecule has 0 bridgehead atoms. The summed E-state index contributed by atoms with van der Waals surface area (Å²) in [6.07, 6.45) is -0.0336. The molecule has 0 aromatic heterocycles. The summed E-state index contributed by atoms with van der Waals surface area (Å²) in [5.74, 6) is -4.04. The van der Waals surface area contributed by atoms with Crippen molar-refractivity contribution >= 4 is 86.4 Å². The number of likely N-dealkylation sites (tertiary alicyclic amines) is 4. The maximum absolute atomic E-state index is 14.4. The SMILES string of the molecule is CC(C)(C)OC(=O)N[C@H](C(=O)N1CC[C@@H]2[C@H]1[C@@H](C(=O)Nc1cccc3ccccc13)CN2C(=O)CCC(=O)OCc1ccccc1)C(C)(C)C.CC(C)(C)[C@H](N)C(=O)N1CC[C@@H]2[C@H]1[C@@H](C(=O)Nc1cccc3ccccc13)CN2C(=O)CCC(=O)OCc1ccccc1. The largest absolute Gasteiger partial charge is 0.461 e. The number of benzene rings is 6. The number of anilines is 2. The van der Waals surface area contributed by atoms with Crippen molar-refractivity contribution in [3.8, 4) is 0 Å². The Morgan fingerprint density at radius 3 is 1.29 bits per heavy atom. The molecule has 5 N–H and O–H groups in total. The van der Waals surface area contributed by atoms with Crippen molar-refractivity contribution in [2.75, 3.05) is 36.8 Å². The lowest BCUT2D eigenvalue weighted by atomic mass is 9.85. The lowest BCUT2D eigenvalue weighted by molar-refractivity contribution is -0.147. The zero-order valence-electron chi connectivity index (χ0n) is 54.7. The highest BCUT2D eigenvalue weighted by atomic mass is 16.6. The van der Waals surface area contributed by atoms with Crippen LogP contribution >= 0.6 is 0 Å². The maximum atomic E-state index is 14.4. The van der Waals surface area contributed by atoms with Crippen molar-refractivity contribution in [2.24, 2.45) is 28.4 Å². The summed E-state index contributed by atoms with van der Waals surface area (Å²) in [6.45, 7) is 17.7. The monoisotopic (exact) mass is 1270 g/mol. The van der Waals surface area contributed by atoms with Gasteiger partial charge in [0.25, 0.3) is 0 Å². The fourth-order valence-corrected chi connectivity index (χ4v) is 13.0. The van der Waals surface area contributed by atoms with Gasteiger partial charge in [-0.1, -0.05) is 175 Å². The number of carbonyl (C=O) groups excluding carboxylic acids is 9. The first-order valence-corrected chi connectivity index (χ1v) is 32.1. The Hall–Kier alpha value is -9.17. The van der Waals surface area contributed by atoms with Crippen molar-refractivity contribution in [1.82, 2.24) is 24.9 Å². The van der Waals surface area contributed by atoms with Gasteiger partial charge >= 0.3 is 18.0 Å². The normalized spacial score (nSPS) is 19.9. The molecule has 20 heteroatoms. The van der Waals surface area contributed by atoms with Crippen molar-refractivity contribution in [3.63, 3.8) is 0 Å². The van der Waals surface area contributed by atoms with Crippen LogP contribution in [0.1, 0.15) is 112 Å². The van der Waals surface area contributed by atoms with E-state index in [9.17, 15) is 43.2 Å². The molecule has 8 atom stereocenters. The third-order valence-electron chi connectivity index (χ3n) is 17.8. The lowest BCUT2D eigenvalue weighted by Crippen LogP contribution is -2.58. The highest BCUT2D eigenvalue weighted by Crippen LogP contribution is 2.41. The van der Waals surface area contributed by atoms with Crippen molar-refractivity contribution in [3.05, 3.63) is 157 Å². The highest BCUT2D eigenvalue weighted by molar-refractivity contribution is 6.05. The van der Waals surface area contributed by atoms with E-state index >= 15 is 0 Å². The molecule has 0 radical (unpaired) electrons. The average Bonchev–Trinajstić information content (AvgIpc) is 1.61. The summed E-state index contributed by atoms with van der Waals surface area (Å²) in [5, 5.41) is 12.7. The van der Waals surface area contributed by atoms with Crippen LogP contribution in [0.5, 0.6) is 0 Å². The van der Waals surface area contributed by atoms with Crippen LogP contribution in [0.15, 0.2) is 146 Å². The molecule has 10 rings (SSSR count). The lowest BCUT2D eigenvalue weighted by Gasteiger charge is -2.37. The van der Waals surface area contributed by atoms with Crippen molar-refractivity contribution < 1.29 is 57.4 Å². The van der Waals surface area contributed by atoms with Crippen LogP contribution in [0.2, 0.25) is 0 Å². The minimum atomic E-state index is -0.956. The summed E-state index contributed by atoms with van der Waals surface area (Å²) in [4.78, 5) is 128. The number of ether oxygens (including phenoxy) is 3. The molecule has 4 fully saturated rings. The quantitative estimate of drug-likeness (QED) is 0.0490. The topological polar surface area (TPSA) is 256 Å². The molecule has 4 aliphatic rings. The third kappa shape index (κ3) is 16.7. The second kappa shape index (κ2) is 29.2. The molecule has 93 heavy (non-hydrogen) atoms. The first kappa shape index (κ1) is 68.2. The minimum Gasteiger partial charge on any atom is -0.461 e. The first-order chi connectivity index (χ1) is 44.2. The molecule has 0 spiro atoms. The Bertz CT molecular complexity index is 3700. The van der Waals surface area contributed by atoms with E-state index in [0.717, 1.165) is 32.7 Å². The highest BCUT2D eigenvalue weighted by Gasteiger charge is 2.57. The van der Waals surface area contributed by atoms with Crippen LogP contribution in [-0.4, -0.2) is 141 Å². The van der Waals surface area contributed by atoms with Crippen LogP contribution in [0.3, 0.4) is 0 Å². The molecule has 0 unspecified atom stereocenters. The van der Waals surface area contributed by atoms with E-state index in [4.69, 9.17) is 19.9 Å². The smallest absolute Gasteiger partial charge is 0.408 e. The average molecular weight is 1270 g/mol. The Labute approximate surface area is 544 Å². The zero-order chi connectivity index (χ0) is 66.9. The summed E-state index contributed by atoms with van der Waals surface area (Å²) in [6, 6.07) is 41.9. The fraction of sp³-hybridized carbons (Fsp3) is 0.438. The molecule has 0 aliphatic carbocycles. The van der Waals surface area contributed by atoms with Crippen LogP contribution < -0.4 is 21.7 Å². The summed E-state index contributed by atoms with van der Waals surface area (Å²) in [5.41, 5.74) is 7.48. The van der Waals surface area contributed by atoms with Gasteiger partial charge in [-0.3, -0.25) is 38.4 Å². The molecule has 20 nitrogen and oxygen atoms in total. The van der Waals surface area contributed by atoms with Crippen molar-refractivity contribution in [1.29, 1.82) is 0 Å². The number of rotatable bonds is 17. The number of carbonyl (C=O) groups is 9. The van der Waals surface area contributed by atoms with Crippen LogP contribution in [0.25, 0.3) is 21.5 Å². The van der Waals surface area contributed by atoms with E-state index < -0.39 is 76.5 Å². The van der Waals surface area contributed by atoms with E-state index in [1.165, 1.54) is 0 Å². The van der Waals surface area contributed by atoms with E-state index in [0.29, 0.717) is 30.8 Å². The molecule has 7 amide bonds. The van der Waals surface area contributed by atoms with E-state index in [1.807, 2.05) is 187 Å². The predicted molar refractivity (Wildman–Crippen MR) is 354 cm³/mol. The molecule has 4 saturated heterocycles. The number of fused-ring (bicyclic) bond motifs is 4. The number of esters is 2. The van der Waals surface area contributed by atoms with Crippen LogP contribution in [-0.2, 0) is 65.8 Å². The van der Waals surface area contributed by atoms with Gasteiger partial charge in [-0.25, -0.2) is 4.79 Å². The maximum Gasteiger partial charge on any atom is 0.408 e. The van der Waals surface area contributed by atoms with Gasteiger partial charge in [-0.2, -0.15) is 0 Å². The number of hydrogen-bond donors (Lipinski definition) is 4. The number of alkyl carbamates (subject to hydrolysis) is 1. The van der Waals surface area contributed by atoms with Crippen LogP contribution in [0, 0.1) is 22.7 Å². The summed E-state index contributed by atoms with van der Waals surface area (Å²) in [7, 11) is 0. The summed E-state index contributed by atoms with van der Waals surface area (Å²) >= 11 is 0. The van der Waals surface area contributed by atoms with Gasteiger partial charge in [0.05, 0.1) is 54.9 Å². The number of nitrogens with two attached hydrogens (primary N) is 1. The van der Waals surface area contributed by atoms with E-state index in [-0.39, 0.29) is 100 Å². The predicted octanol–water partition coefficient (Wildman–Crippen LogP) is 9.77. The second-order valence-electron chi connectivity index (χ2n) is 27.7. The molecule has 0 saturated carbocycles. The Morgan fingerprint density at radius 2 is 0.882 bits per heavy atom.